The number of hydrogen-bond donors (Lipinski definition) is 0. The SMILES string of the molecule is c1ccc(-c2cc(-n3c4ccccc4c4c5ccccc5c5sccc5c43)cc(-c3ccccn3)n2)nc1. The number of hydrogen-bond acceptors (Lipinski definition) is 4. The second-order valence-corrected chi connectivity index (χ2v) is 10.2. The average Bonchev–Trinajstić information content (AvgIpc) is 3.62. The van der Waals surface area contributed by atoms with Crippen molar-refractivity contribution in [1.82, 2.24) is 19.5 Å². The van der Waals surface area contributed by atoms with Gasteiger partial charge in [-0.1, -0.05) is 54.6 Å². The first kappa shape index (κ1) is 21.2. The molecule has 0 aliphatic carbocycles. The van der Waals surface area contributed by atoms with Crippen LogP contribution in [0.3, 0.4) is 0 Å². The van der Waals surface area contributed by atoms with Crippen LogP contribution in [0.1, 0.15) is 0 Å². The summed E-state index contributed by atoms with van der Waals surface area (Å²) in [7, 11) is 0. The Kier molecular flexibility index (Phi) is 4.66. The van der Waals surface area contributed by atoms with Crippen LogP contribution >= 0.6 is 11.3 Å². The number of fused-ring (bicyclic) bond motifs is 8. The molecule has 0 fully saturated rings. The molecule has 5 aromatic heterocycles. The Morgan fingerprint density at radius 1 is 0.553 bits per heavy atom. The third-order valence-corrected chi connectivity index (χ3v) is 8.11. The summed E-state index contributed by atoms with van der Waals surface area (Å²) in [6, 6.07) is 35.9. The van der Waals surface area contributed by atoms with Crippen molar-refractivity contribution in [3.8, 4) is 28.5 Å². The van der Waals surface area contributed by atoms with Crippen LogP contribution in [-0.4, -0.2) is 19.5 Å². The van der Waals surface area contributed by atoms with Crippen molar-refractivity contribution in [1.29, 1.82) is 0 Å². The predicted octanol–water partition coefficient (Wildman–Crippen LogP) is 8.67. The van der Waals surface area contributed by atoms with Crippen LogP contribution in [0.15, 0.2) is 121 Å². The molecular formula is C33H20N4S. The van der Waals surface area contributed by atoms with E-state index in [0.29, 0.717) is 0 Å². The molecule has 0 saturated carbocycles. The van der Waals surface area contributed by atoms with E-state index in [2.05, 4.69) is 86.6 Å². The molecule has 38 heavy (non-hydrogen) atoms. The highest BCUT2D eigenvalue weighted by atomic mass is 32.1. The Morgan fingerprint density at radius 2 is 1.18 bits per heavy atom. The third kappa shape index (κ3) is 3.12. The van der Waals surface area contributed by atoms with E-state index < -0.39 is 0 Å². The minimum absolute atomic E-state index is 0.817. The van der Waals surface area contributed by atoms with E-state index in [1.54, 1.807) is 11.3 Å². The van der Waals surface area contributed by atoms with E-state index in [1.165, 1.54) is 37.1 Å². The first-order valence-corrected chi connectivity index (χ1v) is 13.4. The Hall–Kier alpha value is -4.87. The van der Waals surface area contributed by atoms with Crippen LogP contribution < -0.4 is 0 Å². The second-order valence-electron chi connectivity index (χ2n) is 9.31. The van der Waals surface area contributed by atoms with E-state index in [-0.39, 0.29) is 0 Å². The maximum Gasteiger partial charge on any atom is 0.0915 e. The lowest BCUT2D eigenvalue weighted by molar-refractivity contribution is 1.15. The van der Waals surface area contributed by atoms with Crippen LogP contribution in [0.2, 0.25) is 0 Å². The Bertz CT molecular complexity index is 2070. The molecule has 5 heteroatoms. The lowest BCUT2D eigenvalue weighted by atomic mass is 10.0. The van der Waals surface area contributed by atoms with Gasteiger partial charge in [0.2, 0.25) is 0 Å². The highest BCUT2D eigenvalue weighted by molar-refractivity contribution is 7.18. The fourth-order valence-corrected chi connectivity index (χ4v) is 6.51. The zero-order valence-corrected chi connectivity index (χ0v) is 21.1. The summed E-state index contributed by atoms with van der Waals surface area (Å²) in [6.45, 7) is 0. The van der Waals surface area contributed by atoms with Crippen LogP contribution in [-0.2, 0) is 0 Å². The van der Waals surface area contributed by atoms with Crippen molar-refractivity contribution in [2.45, 2.75) is 0 Å². The Morgan fingerprint density at radius 3 is 1.87 bits per heavy atom. The zero-order chi connectivity index (χ0) is 25.1. The van der Waals surface area contributed by atoms with Crippen LogP contribution in [0, 0.1) is 0 Å². The maximum atomic E-state index is 5.01. The van der Waals surface area contributed by atoms with Gasteiger partial charge in [0.25, 0.3) is 0 Å². The van der Waals surface area contributed by atoms with Crippen molar-refractivity contribution in [3.63, 3.8) is 0 Å². The number of para-hydroxylation sites is 1. The number of rotatable bonds is 3. The van der Waals surface area contributed by atoms with Crippen LogP contribution in [0.25, 0.3) is 71.1 Å². The lowest BCUT2D eigenvalue weighted by Gasteiger charge is -2.13. The Labute approximate surface area is 222 Å². The molecule has 0 aliphatic rings. The monoisotopic (exact) mass is 504 g/mol. The number of nitrogens with zero attached hydrogens (tertiary/aromatic N) is 4. The number of pyridine rings is 3. The molecule has 0 unspecified atom stereocenters. The normalized spacial score (nSPS) is 11.7. The number of aromatic nitrogens is 4. The molecule has 3 aromatic carbocycles. The molecule has 0 spiro atoms. The maximum absolute atomic E-state index is 5.01. The molecule has 0 radical (unpaired) electrons. The minimum atomic E-state index is 0.817. The smallest absolute Gasteiger partial charge is 0.0915 e. The summed E-state index contributed by atoms with van der Waals surface area (Å²) in [5.41, 5.74) is 6.71. The standard InChI is InChI=1S/C33H20N4S/c1-2-10-23-22(9-1)31-24-11-3-4-14-30(24)37(32(31)25-15-18-38-33(23)25)21-19-28(26-12-5-7-16-34-26)36-29(20-21)27-13-6-8-17-35-27/h1-20H. The highest BCUT2D eigenvalue weighted by Crippen LogP contribution is 2.44. The second kappa shape index (κ2) is 8.33. The first-order valence-electron chi connectivity index (χ1n) is 12.5. The summed E-state index contributed by atoms with van der Waals surface area (Å²) in [4.78, 5) is 14.3. The van der Waals surface area contributed by atoms with Crippen molar-refractivity contribution in [2.24, 2.45) is 0 Å². The van der Waals surface area contributed by atoms with Gasteiger partial charge in [0.05, 0.1) is 39.5 Å². The zero-order valence-electron chi connectivity index (χ0n) is 20.2. The van der Waals surface area contributed by atoms with Crippen molar-refractivity contribution in [3.05, 3.63) is 121 Å². The van der Waals surface area contributed by atoms with E-state index in [4.69, 9.17) is 4.98 Å². The quantitative estimate of drug-likeness (QED) is 0.242. The number of thiophene rings is 1. The molecule has 0 atom stereocenters. The van der Waals surface area contributed by atoms with Gasteiger partial charge in [-0.3, -0.25) is 9.97 Å². The van der Waals surface area contributed by atoms with Gasteiger partial charge < -0.3 is 4.57 Å². The predicted molar refractivity (Wildman–Crippen MR) is 158 cm³/mol. The fourth-order valence-electron chi connectivity index (χ4n) is 5.58. The van der Waals surface area contributed by atoms with E-state index >= 15 is 0 Å². The van der Waals surface area contributed by atoms with Gasteiger partial charge >= 0.3 is 0 Å². The molecule has 0 N–H and O–H groups in total. The molecule has 0 aliphatic heterocycles. The van der Waals surface area contributed by atoms with Crippen LogP contribution in [0.5, 0.6) is 0 Å². The minimum Gasteiger partial charge on any atom is -0.308 e. The lowest BCUT2D eigenvalue weighted by Crippen LogP contribution is -1.99. The molecule has 178 valence electrons. The average molecular weight is 505 g/mol. The highest BCUT2D eigenvalue weighted by Gasteiger charge is 2.20. The molecule has 5 heterocycles. The Balaban J connectivity index is 1.56. The molecule has 0 saturated heterocycles. The third-order valence-electron chi connectivity index (χ3n) is 7.16. The van der Waals surface area contributed by atoms with Gasteiger partial charge in [-0.05, 0) is 59.3 Å². The van der Waals surface area contributed by atoms with Gasteiger partial charge in [0.15, 0.2) is 0 Å². The van der Waals surface area contributed by atoms with Gasteiger partial charge in [-0.15, -0.1) is 11.3 Å². The largest absolute Gasteiger partial charge is 0.308 e. The van der Waals surface area contributed by atoms with Crippen molar-refractivity contribution >= 4 is 54.0 Å². The van der Waals surface area contributed by atoms with Gasteiger partial charge in [-0.25, -0.2) is 4.98 Å². The van der Waals surface area contributed by atoms with Crippen molar-refractivity contribution < 1.29 is 0 Å². The van der Waals surface area contributed by atoms with Crippen LogP contribution in [0.4, 0.5) is 0 Å². The van der Waals surface area contributed by atoms with Crippen molar-refractivity contribution in [2.75, 3.05) is 0 Å². The van der Waals surface area contributed by atoms with E-state index in [9.17, 15) is 0 Å². The molecule has 0 amide bonds. The van der Waals surface area contributed by atoms with Gasteiger partial charge in [-0.2, -0.15) is 0 Å². The molecule has 0 bridgehead atoms. The van der Waals surface area contributed by atoms with E-state index in [1.807, 2.05) is 48.8 Å². The summed E-state index contributed by atoms with van der Waals surface area (Å²) in [5, 5.41) is 8.54. The molecule has 8 rings (SSSR count). The first-order chi connectivity index (χ1) is 18.9. The van der Waals surface area contributed by atoms with E-state index in [0.717, 1.165) is 34.0 Å². The summed E-state index contributed by atoms with van der Waals surface area (Å²) >= 11 is 1.80. The fraction of sp³-hybridized carbons (Fsp3) is 0. The number of benzene rings is 3. The summed E-state index contributed by atoms with van der Waals surface area (Å²) in [6.07, 6.45) is 3.62. The molecule has 4 nitrogen and oxygen atoms in total. The molecular weight excluding hydrogens is 484 g/mol. The summed E-state index contributed by atoms with van der Waals surface area (Å²) in [5.74, 6) is 0. The molecule has 8 aromatic rings. The van der Waals surface area contributed by atoms with Gasteiger partial charge in [0, 0.05) is 38.6 Å². The van der Waals surface area contributed by atoms with Gasteiger partial charge in [0.1, 0.15) is 0 Å². The summed E-state index contributed by atoms with van der Waals surface area (Å²) < 4.78 is 3.70. The topological polar surface area (TPSA) is 43.6 Å².